The Labute approximate surface area is 137 Å². The van der Waals surface area contributed by atoms with Crippen LogP contribution in [0.15, 0.2) is 63.8 Å². The number of hydrogen-bond acceptors (Lipinski definition) is 5. The van der Waals surface area contributed by atoms with Gasteiger partial charge in [-0.2, -0.15) is 0 Å². The van der Waals surface area contributed by atoms with Gasteiger partial charge in [0.2, 0.25) is 5.91 Å². The van der Waals surface area contributed by atoms with Crippen LogP contribution in [0.25, 0.3) is 33.9 Å². The topological polar surface area (TPSA) is 81.2 Å². The van der Waals surface area contributed by atoms with Crippen molar-refractivity contribution in [3.05, 3.63) is 55.0 Å². The van der Waals surface area contributed by atoms with Gasteiger partial charge in [0.05, 0.1) is 23.6 Å². The summed E-state index contributed by atoms with van der Waals surface area (Å²) in [5.74, 6) is 1.07. The summed E-state index contributed by atoms with van der Waals surface area (Å²) in [7, 11) is 0. The first-order valence-corrected chi connectivity index (χ1v) is 7.38. The van der Waals surface area contributed by atoms with Crippen molar-refractivity contribution in [2.45, 2.75) is 6.92 Å². The number of nitrogens with zero attached hydrogens (tertiary/aromatic N) is 2. The molecule has 24 heavy (non-hydrogen) atoms. The zero-order valence-corrected chi connectivity index (χ0v) is 12.8. The SMILES string of the molecule is CC(=O)Nc1ccc2nc(-c3ccco3)c(-c3ccco3)nc2c1. The van der Waals surface area contributed by atoms with E-state index in [9.17, 15) is 4.79 Å². The molecule has 0 fully saturated rings. The third-order valence-electron chi connectivity index (χ3n) is 3.49. The summed E-state index contributed by atoms with van der Waals surface area (Å²) in [4.78, 5) is 20.6. The minimum Gasteiger partial charge on any atom is -0.463 e. The second-order valence-corrected chi connectivity index (χ2v) is 5.26. The standard InChI is InChI=1S/C18H13N3O3/c1-11(22)19-12-6-7-13-14(10-12)21-18(16-5-3-9-24-16)17(20-13)15-4-2-8-23-15/h2-10H,1H3,(H,19,22). The van der Waals surface area contributed by atoms with Gasteiger partial charge < -0.3 is 14.2 Å². The maximum atomic E-state index is 11.2. The number of rotatable bonds is 3. The van der Waals surface area contributed by atoms with Crippen LogP contribution in [0.5, 0.6) is 0 Å². The molecule has 118 valence electrons. The molecule has 1 amide bonds. The quantitative estimate of drug-likeness (QED) is 0.614. The van der Waals surface area contributed by atoms with Gasteiger partial charge in [-0.25, -0.2) is 9.97 Å². The monoisotopic (exact) mass is 319 g/mol. The Bertz CT molecular complexity index is 1010. The number of hydrogen-bond donors (Lipinski definition) is 1. The van der Waals surface area contributed by atoms with E-state index < -0.39 is 0 Å². The number of aromatic nitrogens is 2. The zero-order valence-electron chi connectivity index (χ0n) is 12.8. The minimum absolute atomic E-state index is 0.138. The number of fused-ring (bicyclic) bond motifs is 1. The zero-order chi connectivity index (χ0) is 16.5. The highest BCUT2D eigenvalue weighted by atomic mass is 16.3. The van der Waals surface area contributed by atoms with Gasteiger partial charge in [0, 0.05) is 12.6 Å². The third kappa shape index (κ3) is 2.54. The Hall–Kier alpha value is -3.41. The molecule has 0 saturated heterocycles. The van der Waals surface area contributed by atoms with Crippen molar-refractivity contribution < 1.29 is 13.6 Å². The number of benzene rings is 1. The summed E-state index contributed by atoms with van der Waals surface area (Å²) in [5.41, 5.74) is 3.21. The Kier molecular flexibility index (Phi) is 3.35. The molecule has 4 rings (SSSR count). The fourth-order valence-corrected chi connectivity index (χ4v) is 2.51. The van der Waals surface area contributed by atoms with Gasteiger partial charge in [0.15, 0.2) is 11.5 Å². The first-order chi connectivity index (χ1) is 11.7. The third-order valence-corrected chi connectivity index (χ3v) is 3.49. The molecule has 3 heterocycles. The lowest BCUT2D eigenvalue weighted by molar-refractivity contribution is -0.114. The van der Waals surface area contributed by atoms with Gasteiger partial charge in [-0.05, 0) is 42.5 Å². The fourth-order valence-electron chi connectivity index (χ4n) is 2.51. The lowest BCUT2D eigenvalue weighted by Gasteiger charge is -2.08. The van der Waals surface area contributed by atoms with E-state index >= 15 is 0 Å². The molecule has 1 aromatic carbocycles. The summed E-state index contributed by atoms with van der Waals surface area (Å²) < 4.78 is 11.0. The van der Waals surface area contributed by atoms with Crippen LogP contribution in [0, 0.1) is 0 Å². The molecule has 0 atom stereocenters. The summed E-state index contributed by atoms with van der Waals surface area (Å²) in [6.45, 7) is 1.46. The van der Waals surface area contributed by atoms with Crippen molar-refractivity contribution in [1.29, 1.82) is 0 Å². The van der Waals surface area contributed by atoms with Gasteiger partial charge in [-0.1, -0.05) is 0 Å². The van der Waals surface area contributed by atoms with E-state index in [0.29, 0.717) is 39.6 Å². The molecule has 6 nitrogen and oxygen atoms in total. The Morgan fingerprint density at radius 3 is 2.08 bits per heavy atom. The van der Waals surface area contributed by atoms with E-state index in [-0.39, 0.29) is 5.91 Å². The molecule has 0 radical (unpaired) electrons. The summed E-state index contributed by atoms with van der Waals surface area (Å²) in [5, 5.41) is 2.74. The van der Waals surface area contributed by atoms with E-state index in [2.05, 4.69) is 15.3 Å². The van der Waals surface area contributed by atoms with Crippen LogP contribution in [0.4, 0.5) is 5.69 Å². The largest absolute Gasteiger partial charge is 0.463 e. The number of anilines is 1. The predicted octanol–water partition coefficient (Wildman–Crippen LogP) is 4.11. The van der Waals surface area contributed by atoms with Crippen LogP contribution in [-0.2, 0) is 4.79 Å². The van der Waals surface area contributed by atoms with Crippen molar-refractivity contribution in [3.63, 3.8) is 0 Å². The van der Waals surface area contributed by atoms with Crippen LogP contribution in [0.3, 0.4) is 0 Å². The van der Waals surface area contributed by atoms with Gasteiger partial charge in [-0.15, -0.1) is 0 Å². The summed E-state index contributed by atoms with van der Waals surface area (Å²) in [6.07, 6.45) is 3.17. The number of carbonyl (C=O) groups is 1. The highest BCUT2D eigenvalue weighted by Gasteiger charge is 2.17. The molecule has 0 aliphatic heterocycles. The number of carbonyl (C=O) groups excluding carboxylic acids is 1. The van der Waals surface area contributed by atoms with E-state index in [1.165, 1.54) is 6.92 Å². The maximum absolute atomic E-state index is 11.2. The van der Waals surface area contributed by atoms with E-state index in [1.54, 1.807) is 36.8 Å². The van der Waals surface area contributed by atoms with Crippen LogP contribution in [-0.4, -0.2) is 15.9 Å². The van der Waals surface area contributed by atoms with Crippen LogP contribution in [0.1, 0.15) is 6.92 Å². The van der Waals surface area contributed by atoms with Crippen LogP contribution in [0.2, 0.25) is 0 Å². The van der Waals surface area contributed by atoms with Crippen LogP contribution < -0.4 is 5.32 Å². The van der Waals surface area contributed by atoms with Crippen molar-refractivity contribution in [1.82, 2.24) is 9.97 Å². The minimum atomic E-state index is -0.138. The molecule has 3 aromatic heterocycles. The molecule has 6 heteroatoms. The first kappa shape index (κ1) is 14.2. The van der Waals surface area contributed by atoms with Gasteiger partial charge in [0.25, 0.3) is 0 Å². The normalized spacial score (nSPS) is 10.9. The Balaban J connectivity index is 1.94. The van der Waals surface area contributed by atoms with E-state index in [4.69, 9.17) is 8.83 Å². The molecule has 0 unspecified atom stereocenters. The predicted molar refractivity (Wildman–Crippen MR) is 89.2 cm³/mol. The van der Waals surface area contributed by atoms with E-state index in [0.717, 1.165) is 0 Å². The highest BCUT2D eigenvalue weighted by molar-refractivity contribution is 5.92. The summed E-state index contributed by atoms with van der Waals surface area (Å²) in [6, 6.07) is 12.6. The van der Waals surface area contributed by atoms with Crippen molar-refractivity contribution >= 4 is 22.6 Å². The fraction of sp³-hybridized carbons (Fsp3) is 0.0556. The van der Waals surface area contributed by atoms with E-state index in [1.807, 2.05) is 18.2 Å². The molecule has 0 saturated carbocycles. The Morgan fingerprint density at radius 2 is 1.54 bits per heavy atom. The number of amides is 1. The van der Waals surface area contributed by atoms with Crippen molar-refractivity contribution in [2.24, 2.45) is 0 Å². The number of nitrogens with one attached hydrogen (secondary N) is 1. The molecule has 0 aliphatic carbocycles. The van der Waals surface area contributed by atoms with Crippen molar-refractivity contribution in [2.75, 3.05) is 5.32 Å². The maximum Gasteiger partial charge on any atom is 0.221 e. The van der Waals surface area contributed by atoms with Gasteiger partial charge in [-0.3, -0.25) is 4.79 Å². The molecular weight excluding hydrogens is 306 g/mol. The average molecular weight is 319 g/mol. The molecule has 1 N–H and O–H groups in total. The average Bonchev–Trinajstić information content (AvgIpc) is 3.26. The lowest BCUT2D eigenvalue weighted by atomic mass is 10.1. The summed E-state index contributed by atoms with van der Waals surface area (Å²) >= 11 is 0. The number of furan rings is 2. The second kappa shape index (κ2) is 5.66. The molecule has 0 spiro atoms. The second-order valence-electron chi connectivity index (χ2n) is 5.26. The van der Waals surface area contributed by atoms with Crippen molar-refractivity contribution in [3.8, 4) is 22.9 Å². The molecule has 0 bridgehead atoms. The molecule has 0 aliphatic rings. The van der Waals surface area contributed by atoms with Gasteiger partial charge >= 0.3 is 0 Å². The first-order valence-electron chi connectivity index (χ1n) is 7.38. The smallest absolute Gasteiger partial charge is 0.221 e. The molecule has 4 aromatic rings. The Morgan fingerprint density at radius 1 is 0.917 bits per heavy atom. The highest BCUT2D eigenvalue weighted by Crippen LogP contribution is 2.32. The molecular formula is C18H13N3O3. The van der Waals surface area contributed by atoms with Gasteiger partial charge in [0.1, 0.15) is 11.4 Å². The lowest BCUT2D eigenvalue weighted by Crippen LogP contribution is -2.05. The van der Waals surface area contributed by atoms with Crippen LogP contribution >= 0.6 is 0 Å².